The van der Waals surface area contributed by atoms with Crippen LogP contribution in [0.1, 0.15) is 11.1 Å². The summed E-state index contributed by atoms with van der Waals surface area (Å²) >= 11 is 0. The summed E-state index contributed by atoms with van der Waals surface area (Å²) < 4.78 is 10.7. The van der Waals surface area contributed by atoms with Gasteiger partial charge in [0.05, 0.1) is 45.0 Å². The number of hydrogen-bond acceptors (Lipinski definition) is 3. The fourth-order valence-corrected chi connectivity index (χ4v) is 7.82. The highest BCUT2D eigenvalue weighted by atomic mass is 16.3. The van der Waals surface area contributed by atoms with Crippen molar-refractivity contribution in [1.29, 1.82) is 10.5 Å². The first-order valence-corrected chi connectivity index (χ1v) is 16.1. The maximum atomic E-state index is 10.9. The fraction of sp³-hybridized carbons (Fsp3) is 0. The summed E-state index contributed by atoms with van der Waals surface area (Å²) in [6.45, 7) is 0. The third-order valence-electron chi connectivity index (χ3n) is 9.81. The Kier molecular flexibility index (Phi) is 5.64. The average Bonchev–Trinajstić information content (AvgIpc) is 3.82. The molecule has 10 aromatic rings. The molecule has 3 aromatic heterocycles. The van der Waals surface area contributed by atoms with Gasteiger partial charge in [-0.1, -0.05) is 84.9 Å². The van der Waals surface area contributed by atoms with Crippen molar-refractivity contribution >= 4 is 65.6 Å². The molecular formula is C44H24N4O. The minimum atomic E-state index is 0.443. The Hall–Kier alpha value is -7.08. The molecule has 0 spiro atoms. The summed E-state index contributed by atoms with van der Waals surface area (Å²) in [5, 5.41) is 27.9. The topological polar surface area (TPSA) is 70.6 Å². The zero-order chi connectivity index (χ0) is 32.6. The van der Waals surface area contributed by atoms with E-state index >= 15 is 0 Å². The largest absolute Gasteiger partial charge is 0.456 e. The van der Waals surface area contributed by atoms with Gasteiger partial charge >= 0.3 is 0 Å². The summed E-state index contributed by atoms with van der Waals surface area (Å²) in [7, 11) is 0. The minimum Gasteiger partial charge on any atom is -0.456 e. The standard InChI is InChI=1S/C44H24N4O/c45-25-28-20-21-38(48-37-18-7-3-14-32(37)43-39(48)22-23-41-44(43)33-15-4-8-19-40(33)49-41)34(26-46)42(28)27-10-9-11-29(24-27)47-35-16-5-1-12-30(35)31-13-2-6-17-36(31)47/h1-24H. The molecule has 0 aliphatic heterocycles. The second-order valence-corrected chi connectivity index (χ2v) is 12.3. The average molecular weight is 625 g/mol. The van der Waals surface area contributed by atoms with E-state index in [2.05, 4.69) is 106 Å². The van der Waals surface area contributed by atoms with Gasteiger partial charge < -0.3 is 13.6 Å². The van der Waals surface area contributed by atoms with Crippen molar-refractivity contribution in [1.82, 2.24) is 9.13 Å². The highest BCUT2D eigenvalue weighted by Gasteiger charge is 2.23. The zero-order valence-corrected chi connectivity index (χ0v) is 26.1. The van der Waals surface area contributed by atoms with Gasteiger partial charge in [0.25, 0.3) is 0 Å². The van der Waals surface area contributed by atoms with Crippen LogP contribution in [-0.2, 0) is 0 Å². The van der Waals surface area contributed by atoms with Gasteiger partial charge in [0, 0.05) is 43.6 Å². The number of aromatic nitrogens is 2. The predicted molar refractivity (Wildman–Crippen MR) is 197 cm³/mol. The molecule has 0 fully saturated rings. The molecular weight excluding hydrogens is 601 g/mol. The number of rotatable bonds is 3. The zero-order valence-electron chi connectivity index (χ0n) is 26.1. The van der Waals surface area contributed by atoms with E-state index in [0.29, 0.717) is 16.7 Å². The van der Waals surface area contributed by atoms with E-state index in [1.165, 1.54) is 10.8 Å². The number of nitriles is 2. The Morgan fingerprint density at radius 2 is 1.12 bits per heavy atom. The molecule has 0 saturated heterocycles. The molecule has 0 amide bonds. The Morgan fingerprint density at radius 1 is 0.469 bits per heavy atom. The Labute approximate surface area is 280 Å². The van der Waals surface area contributed by atoms with E-state index < -0.39 is 0 Å². The molecule has 49 heavy (non-hydrogen) atoms. The quantitative estimate of drug-likeness (QED) is 0.196. The van der Waals surface area contributed by atoms with Crippen LogP contribution in [0, 0.1) is 22.7 Å². The molecule has 0 aliphatic rings. The summed E-state index contributed by atoms with van der Waals surface area (Å²) in [5.41, 5.74) is 9.77. The molecule has 0 radical (unpaired) electrons. The molecule has 3 heterocycles. The fourth-order valence-electron chi connectivity index (χ4n) is 7.82. The lowest BCUT2D eigenvalue weighted by Crippen LogP contribution is -2.02. The predicted octanol–water partition coefficient (Wildman–Crippen LogP) is 11.2. The molecule has 0 unspecified atom stereocenters. The Bertz CT molecular complexity index is 3030. The maximum absolute atomic E-state index is 10.9. The van der Waals surface area contributed by atoms with Crippen LogP contribution in [0.25, 0.3) is 88.1 Å². The number of nitrogens with zero attached hydrogens (tertiary/aromatic N) is 4. The molecule has 0 atom stereocenters. The number of para-hydroxylation sites is 4. The van der Waals surface area contributed by atoms with Crippen molar-refractivity contribution < 1.29 is 4.42 Å². The van der Waals surface area contributed by atoms with Crippen LogP contribution in [0.3, 0.4) is 0 Å². The summed E-state index contributed by atoms with van der Waals surface area (Å²) in [4.78, 5) is 0. The van der Waals surface area contributed by atoms with Gasteiger partial charge in [0.1, 0.15) is 17.2 Å². The second-order valence-electron chi connectivity index (χ2n) is 12.3. The van der Waals surface area contributed by atoms with Gasteiger partial charge in [-0.3, -0.25) is 0 Å². The lowest BCUT2D eigenvalue weighted by atomic mass is 9.93. The number of furan rings is 1. The molecule has 10 rings (SSSR count). The molecule has 0 saturated carbocycles. The summed E-state index contributed by atoms with van der Waals surface area (Å²) in [5.74, 6) is 0. The van der Waals surface area contributed by atoms with Crippen molar-refractivity contribution in [3.05, 3.63) is 157 Å². The maximum Gasteiger partial charge on any atom is 0.136 e. The van der Waals surface area contributed by atoms with E-state index in [1.54, 1.807) is 0 Å². The van der Waals surface area contributed by atoms with Crippen molar-refractivity contribution in [2.75, 3.05) is 0 Å². The smallest absolute Gasteiger partial charge is 0.136 e. The molecule has 7 aromatic carbocycles. The van der Waals surface area contributed by atoms with Crippen LogP contribution in [0.2, 0.25) is 0 Å². The van der Waals surface area contributed by atoms with Crippen LogP contribution in [0.15, 0.2) is 150 Å². The first-order chi connectivity index (χ1) is 24.2. The second kappa shape index (κ2) is 10.2. The first kappa shape index (κ1) is 27.1. The van der Waals surface area contributed by atoms with Crippen molar-refractivity contribution in [2.45, 2.75) is 0 Å². The Balaban J connectivity index is 1.26. The van der Waals surface area contributed by atoms with Crippen molar-refractivity contribution in [3.8, 4) is 34.6 Å². The van der Waals surface area contributed by atoms with Gasteiger partial charge in [0.15, 0.2) is 0 Å². The number of hydrogen-bond donors (Lipinski definition) is 0. The van der Waals surface area contributed by atoms with Gasteiger partial charge in [-0.25, -0.2) is 0 Å². The van der Waals surface area contributed by atoms with E-state index in [4.69, 9.17) is 4.42 Å². The van der Waals surface area contributed by atoms with E-state index in [9.17, 15) is 10.5 Å². The first-order valence-electron chi connectivity index (χ1n) is 16.1. The lowest BCUT2D eigenvalue weighted by molar-refractivity contribution is 0.669. The lowest BCUT2D eigenvalue weighted by Gasteiger charge is -2.16. The van der Waals surface area contributed by atoms with Crippen LogP contribution in [-0.4, -0.2) is 9.13 Å². The third-order valence-corrected chi connectivity index (χ3v) is 9.81. The van der Waals surface area contributed by atoms with Crippen LogP contribution in [0.5, 0.6) is 0 Å². The molecule has 0 aliphatic carbocycles. The SMILES string of the molecule is N#Cc1ccc(-n2c3ccccc3c3c4c(ccc32)oc2ccccc24)c(C#N)c1-c1cccc(-n2c3ccccc3c3ccccc32)c1. The summed E-state index contributed by atoms with van der Waals surface area (Å²) in [6.07, 6.45) is 0. The molecule has 0 bridgehead atoms. The number of benzene rings is 7. The van der Waals surface area contributed by atoms with Gasteiger partial charge in [0.2, 0.25) is 0 Å². The van der Waals surface area contributed by atoms with Gasteiger partial charge in [-0.15, -0.1) is 0 Å². The number of fused-ring (bicyclic) bond motifs is 10. The monoisotopic (exact) mass is 624 g/mol. The van der Waals surface area contributed by atoms with Crippen LogP contribution >= 0.6 is 0 Å². The molecule has 5 heteroatoms. The van der Waals surface area contributed by atoms with E-state index in [0.717, 1.165) is 71.7 Å². The van der Waals surface area contributed by atoms with Crippen molar-refractivity contribution in [2.24, 2.45) is 0 Å². The van der Waals surface area contributed by atoms with Crippen molar-refractivity contribution in [3.63, 3.8) is 0 Å². The van der Waals surface area contributed by atoms with Crippen LogP contribution in [0.4, 0.5) is 0 Å². The highest BCUT2D eigenvalue weighted by molar-refractivity contribution is 6.27. The summed E-state index contributed by atoms with van der Waals surface area (Å²) in [6, 6.07) is 54.1. The molecule has 5 nitrogen and oxygen atoms in total. The normalized spacial score (nSPS) is 11.6. The van der Waals surface area contributed by atoms with Crippen LogP contribution < -0.4 is 0 Å². The van der Waals surface area contributed by atoms with E-state index in [-0.39, 0.29) is 0 Å². The molecule has 226 valence electrons. The highest BCUT2D eigenvalue weighted by Crippen LogP contribution is 2.43. The van der Waals surface area contributed by atoms with Gasteiger partial charge in [-0.05, 0) is 66.2 Å². The third kappa shape index (κ3) is 3.73. The Morgan fingerprint density at radius 3 is 1.84 bits per heavy atom. The molecule has 0 N–H and O–H groups in total. The van der Waals surface area contributed by atoms with Gasteiger partial charge in [-0.2, -0.15) is 10.5 Å². The van der Waals surface area contributed by atoms with E-state index in [1.807, 2.05) is 60.7 Å². The minimum absolute atomic E-state index is 0.443.